The van der Waals surface area contributed by atoms with Crippen molar-refractivity contribution in [3.63, 3.8) is 0 Å². The number of carbonyl (C=O) groups is 2. The van der Waals surface area contributed by atoms with Crippen LogP contribution in [-0.4, -0.2) is 41.3 Å². The number of hydrogen-bond donors (Lipinski definition) is 1. The zero-order valence-electron chi connectivity index (χ0n) is 15.7. The number of amides is 2. The van der Waals surface area contributed by atoms with Crippen LogP contribution in [0, 0.1) is 13.8 Å². The summed E-state index contributed by atoms with van der Waals surface area (Å²) < 4.78 is 0. The summed E-state index contributed by atoms with van der Waals surface area (Å²) in [6.07, 6.45) is 0.313. The van der Waals surface area contributed by atoms with E-state index in [0.29, 0.717) is 19.5 Å². The maximum atomic E-state index is 12.9. The minimum absolute atomic E-state index is 0.000590. The number of anilines is 1. The predicted molar refractivity (Wildman–Crippen MR) is 107 cm³/mol. The van der Waals surface area contributed by atoms with Crippen molar-refractivity contribution in [1.82, 2.24) is 9.88 Å². The molecular formula is C22H23N3O2. The molecule has 0 bridgehead atoms. The number of benzene rings is 2. The molecule has 1 aliphatic rings. The van der Waals surface area contributed by atoms with Crippen LogP contribution in [0.5, 0.6) is 0 Å². The van der Waals surface area contributed by atoms with Gasteiger partial charge in [0.15, 0.2) is 0 Å². The number of H-pyrrole nitrogens is 1. The van der Waals surface area contributed by atoms with Gasteiger partial charge in [-0.05, 0) is 37.1 Å². The smallest absolute Gasteiger partial charge is 0.246 e. The van der Waals surface area contributed by atoms with Crippen LogP contribution in [0.4, 0.5) is 5.69 Å². The average Bonchev–Trinajstić information content (AvgIpc) is 2.98. The fraction of sp³-hybridized carbons (Fsp3) is 0.273. The number of piperazine rings is 1. The summed E-state index contributed by atoms with van der Waals surface area (Å²) in [5.41, 5.74) is 5.07. The Labute approximate surface area is 158 Å². The Morgan fingerprint density at radius 1 is 1.04 bits per heavy atom. The number of fused-ring (bicyclic) bond motifs is 1. The Morgan fingerprint density at radius 2 is 1.78 bits per heavy atom. The number of para-hydroxylation sites is 2. The molecule has 2 heterocycles. The van der Waals surface area contributed by atoms with E-state index < -0.39 is 0 Å². The molecule has 3 aromatic rings. The fourth-order valence-corrected chi connectivity index (χ4v) is 3.83. The number of nitrogens with one attached hydrogen (secondary N) is 1. The van der Waals surface area contributed by atoms with Crippen LogP contribution < -0.4 is 4.90 Å². The first-order valence-corrected chi connectivity index (χ1v) is 9.24. The number of rotatable bonds is 3. The van der Waals surface area contributed by atoms with Crippen molar-refractivity contribution in [2.24, 2.45) is 0 Å². The summed E-state index contributed by atoms with van der Waals surface area (Å²) >= 11 is 0. The van der Waals surface area contributed by atoms with Gasteiger partial charge in [-0.15, -0.1) is 0 Å². The molecule has 0 aliphatic carbocycles. The Hall–Kier alpha value is -3.08. The SMILES string of the molecule is Cc1ccccc1N1CCN(C(=O)Cc2c(C)[nH]c3ccccc23)CC1=O. The van der Waals surface area contributed by atoms with Crippen molar-refractivity contribution in [2.75, 3.05) is 24.5 Å². The number of hydrogen-bond acceptors (Lipinski definition) is 2. The minimum Gasteiger partial charge on any atom is -0.358 e. The molecule has 2 amide bonds. The van der Waals surface area contributed by atoms with Gasteiger partial charge in [-0.25, -0.2) is 0 Å². The lowest BCUT2D eigenvalue weighted by atomic mass is 10.1. The highest BCUT2D eigenvalue weighted by atomic mass is 16.2. The van der Waals surface area contributed by atoms with E-state index in [4.69, 9.17) is 0 Å². The van der Waals surface area contributed by atoms with E-state index in [1.165, 1.54) is 0 Å². The third kappa shape index (κ3) is 3.21. The predicted octanol–water partition coefficient (Wildman–Crippen LogP) is 3.20. The van der Waals surface area contributed by atoms with Gasteiger partial charge in [0.2, 0.25) is 11.8 Å². The van der Waals surface area contributed by atoms with E-state index in [1.54, 1.807) is 9.80 Å². The lowest BCUT2D eigenvalue weighted by Crippen LogP contribution is -2.53. The molecule has 5 heteroatoms. The molecule has 1 aromatic heterocycles. The van der Waals surface area contributed by atoms with Crippen molar-refractivity contribution >= 4 is 28.4 Å². The molecule has 0 radical (unpaired) electrons. The Kier molecular flexibility index (Phi) is 4.44. The van der Waals surface area contributed by atoms with Crippen molar-refractivity contribution in [3.05, 3.63) is 65.4 Å². The molecule has 4 rings (SSSR count). The van der Waals surface area contributed by atoms with E-state index >= 15 is 0 Å². The second-order valence-corrected chi connectivity index (χ2v) is 7.10. The molecule has 1 N–H and O–H groups in total. The summed E-state index contributed by atoms with van der Waals surface area (Å²) in [6.45, 7) is 5.21. The molecule has 0 atom stereocenters. The zero-order chi connectivity index (χ0) is 19.0. The van der Waals surface area contributed by atoms with Crippen molar-refractivity contribution < 1.29 is 9.59 Å². The third-order valence-electron chi connectivity index (χ3n) is 5.33. The van der Waals surface area contributed by atoms with Crippen LogP contribution in [0.3, 0.4) is 0 Å². The van der Waals surface area contributed by atoms with Gasteiger partial charge in [-0.1, -0.05) is 36.4 Å². The van der Waals surface area contributed by atoms with Crippen LogP contribution in [0.1, 0.15) is 16.8 Å². The highest BCUT2D eigenvalue weighted by molar-refractivity contribution is 5.99. The standard InChI is InChI=1S/C22H23N3O2/c1-15-7-3-6-10-20(15)25-12-11-24(14-22(25)27)21(26)13-18-16(2)23-19-9-5-4-8-17(18)19/h3-10,23H,11-14H2,1-2H3. The van der Waals surface area contributed by atoms with Crippen molar-refractivity contribution in [2.45, 2.75) is 20.3 Å². The Bertz CT molecular complexity index is 1020. The maximum absolute atomic E-state index is 12.9. The van der Waals surface area contributed by atoms with Gasteiger partial charge < -0.3 is 14.8 Å². The third-order valence-corrected chi connectivity index (χ3v) is 5.33. The second kappa shape index (κ2) is 6.91. The van der Waals surface area contributed by atoms with Gasteiger partial charge >= 0.3 is 0 Å². The van der Waals surface area contributed by atoms with Crippen LogP contribution in [0.2, 0.25) is 0 Å². The van der Waals surface area contributed by atoms with Crippen LogP contribution in [-0.2, 0) is 16.0 Å². The van der Waals surface area contributed by atoms with Crippen LogP contribution >= 0.6 is 0 Å². The molecule has 5 nitrogen and oxygen atoms in total. The number of carbonyl (C=O) groups excluding carboxylic acids is 2. The van der Waals surface area contributed by atoms with Crippen LogP contribution in [0.15, 0.2) is 48.5 Å². The van der Waals surface area contributed by atoms with Crippen molar-refractivity contribution in [1.29, 1.82) is 0 Å². The topological polar surface area (TPSA) is 56.4 Å². The van der Waals surface area contributed by atoms with Gasteiger partial charge in [0.05, 0.1) is 6.42 Å². The van der Waals surface area contributed by atoms with Crippen LogP contribution in [0.25, 0.3) is 10.9 Å². The first-order valence-electron chi connectivity index (χ1n) is 9.24. The largest absolute Gasteiger partial charge is 0.358 e. The molecule has 1 aliphatic heterocycles. The summed E-state index contributed by atoms with van der Waals surface area (Å²) in [6, 6.07) is 15.9. The summed E-state index contributed by atoms with van der Waals surface area (Å²) in [5.74, 6) is -0.0276. The molecule has 0 unspecified atom stereocenters. The normalized spacial score (nSPS) is 14.8. The maximum Gasteiger partial charge on any atom is 0.246 e. The van der Waals surface area contributed by atoms with Gasteiger partial charge in [0.1, 0.15) is 6.54 Å². The Balaban J connectivity index is 1.49. The Morgan fingerprint density at radius 3 is 2.56 bits per heavy atom. The summed E-state index contributed by atoms with van der Waals surface area (Å²) in [7, 11) is 0. The molecule has 1 fully saturated rings. The monoisotopic (exact) mass is 361 g/mol. The average molecular weight is 361 g/mol. The van der Waals surface area contributed by atoms with E-state index in [2.05, 4.69) is 4.98 Å². The first-order chi connectivity index (χ1) is 13.0. The van der Waals surface area contributed by atoms with E-state index in [0.717, 1.165) is 33.4 Å². The molecular weight excluding hydrogens is 338 g/mol. The summed E-state index contributed by atoms with van der Waals surface area (Å²) in [4.78, 5) is 32.3. The van der Waals surface area contributed by atoms with E-state index in [9.17, 15) is 9.59 Å². The quantitative estimate of drug-likeness (QED) is 0.779. The lowest BCUT2D eigenvalue weighted by Gasteiger charge is -2.35. The van der Waals surface area contributed by atoms with Gasteiger partial charge in [0, 0.05) is 35.4 Å². The molecule has 0 saturated carbocycles. The second-order valence-electron chi connectivity index (χ2n) is 7.10. The van der Waals surface area contributed by atoms with Gasteiger partial charge in [0.25, 0.3) is 0 Å². The molecule has 27 heavy (non-hydrogen) atoms. The van der Waals surface area contributed by atoms with E-state index in [-0.39, 0.29) is 18.4 Å². The number of aryl methyl sites for hydroxylation is 2. The summed E-state index contributed by atoms with van der Waals surface area (Å²) in [5, 5.41) is 1.08. The molecule has 2 aromatic carbocycles. The van der Waals surface area contributed by atoms with E-state index in [1.807, 2.05) is 62.4 Å². The fourth-order valence-electron chi connectivity index (χ4n) is 3.83. The van der Waals surface area contributed by atoms with Crippen molar-refractivity contribution in [3.8, 4) is 0 Å². The zero-order valence-corrected chi connectivity index (χ0v) is 15.7. The van der Waals surface area contributed by atoms with Gasteiger partial charge in [-0.3, -0.25) is 9.59 Å². The van der Waals surface area contributed by atoms with Gasteiger partial charge in [-0.2, -0.15) is 0 Å². The molecule has 138 valence electrons. The molecule has 1 saturated heterocycles. The number of aromatic amines is 1. The highest BCUT2D eigenvalue weighted by Crippen LogP contribution is 2.24. The highest BCUT2D eigenvalue weighted by Gasteiger charge is 2.29. The minimum atomic E-state index is -0.0282. The number of nitrogens with zero attached hydrogens (tertiary/aromatic N) is 2. The number of aromatic nitrogens is 1. The first kappa shape index (κ1) is 17.3. The lowest BCUT2D eigenvalue weighted by molar-refractivity contribution is -0.136. The molecule has 0 spiro atoms.